The van der Waals surface area contributed by atoms with Crippen LogP contribution in [-0.2, 0) is 11.3 Å². The first-order chi connectivity index (χ1) is 16.8. The highest BCUT2D eigenvalue weighted by atomic mass is 16.7. The van der Waals surface area contributed by atoms with E-state index in [1.54, 1.807) is 6.33 Å². The summed E-state index contributed by atoms with van der Waals surface area (Å²) in [7, 11) is 0. The van der Waals surface area contributed by atoms with Crippen LogP contribution in [0.3, 0.4) is 0 Å². The molecule has 11 nitrogen and oxygen atoms in total. The molecule has 3 aliphatic rings. The molecule has 11 heteroatoms. The first-order valence-corrected chi connectivity index (χ1v) is 11.9. The van der Waals surface area contributed by atoms with Gasteiger partial charge < -0.3 is 29.4 Å². The van der Waals surface area contributed by atoms with Crippen LogP contribution in [0.25, 0.3) is 11.2 Å². The van der Waals surface area contributed by atoms with Crippen molar-refractivity contribution in [2.24, 2.45) is 0 Å². The minimum atomic E-state index is 0.310. The Morgan fingerprint density at radius 1 is 0.941 bits per heavy atom. The van der Waals surface area contributed by atoms with Crippen molar-refractivity contribution in [3.63, 3.8) is 0 Å². The van der Waals surface area contributed by atoms with Gasteiger partial charge in [-0.05, 0) is 17.7 Å². The number of ether oxygens (including phenoxy) is 3. The highest BCUT2D eigenvalue weighted by molar-refractivity contribution is 5.84. The fourth-order valence-corrected chi connectivity index (χ4v) is 4.67. The lowest BCUT2D eigenvalue weighted by molar-refractivity contribution is 0.0398. The maximum Gasteiger partial charge on any atom is 0.231 e. The van der Waals surface area contributed by atoms with E-state index in [1.165, 1.54) is 5.56 Å². The summed E-state index contributed by atoms with van der Waals surface area (Å²) in [5.41, 5.74) is 2.80. The number of rotatable bonds is 7. The van der Waals surface area contributed by atoms with Crippen molar-refractivity contribution in [2.75, 3.05) is 82.6 Å². The zero-order valence-electron chi connectivity index (χ0n) is 19.2. The number of aromatic amines is 1. The number of aromatic nitrogens is 4. The number of hydrogen-bond acceptors (Lipinski definition) is 10. The maximum absolute atomic E-state index is 5.51. The molecule has 5 heterocycles. The number of fused-ring (bicyclic) bond motifs is 2. The van der Waals surface area contributed by atoms with Crippen LogP contribution in [0.15, 0.2) is 24.5 Å². The number of hydrogen-bond donors (Lipinski definition) is 2. The summed E-state index contributed by atoms with van der Waals surface area (Å²) in [4.78, 5) is 24.2. The molecule has 0 bridgehead atoms. The van der Waals surface area contributed by atoms with Crippen molar-refractivity contribution in [1.82, 2.24) is 29.7 Å². The highest BCUT2D eigenvalue weighted by Crippen LogP contribution is 2.33. The van der Waals surface area contributed by atoms with Crippen LogP contribution in [-0.4, -0.2) is 102 Å². The summed E-state index contributed by atoms with van der Waals surface area (Å²) in [6.45, 7) is 10.3. The number of benzene rings is 1. The molecule has 3 aromatic rings. The summed E-state index contributed by atoms with van der Waals surface area (Å²) in [5.74, 6) is 3.33. The molecule has 0 amide bonds. The monoisotopic (exact) mass is 466 g/mol. The van der Waals surface area contributed by atoms with E-state index in [2.05, 4.69) is 47.1 Å². The van der Waals surface area contributed by atoms with Gasteiger partial charge in [0, 0.05) is 58.9 Å². The molecule has 2 saturated heterocycles. The summed E-state index contributed by atoms with van der Waals surface area (Å²) in [6, 6.07) is 6.20. The molecule has 0 atom stereocenters. The van der Waals surface area contributed by atoms with Crippen molar-refractivity contribution in [3.8, 4) is 11.5 Å². The van der Waals surface area contributed by atoms with Crippen LogP contribution in [0.4, 0.5) is 11.8 Å². The smallest absolute Gasteiger partial charge is 0.231 e. The van der Waals surface area contributed by atoms with Gasteiger partial charge in [0.1, 0.15) is 11.8 Å². The zero-order chi connectivity index (χ0) is 22.7. The van der Waals surface area contributed by atoms with Gasteiger partial charge in [0.15, 0.2) is 23.0 Å². The van der Waals surface area contributed by atoms with Crippen LogP contribution < -0.4 is 19.7 Å². The Balaban J connectivity index is 1.05. The number of anilines is 2. The Hall–Kier alpha value is -3.15. The van der Waals surface area contributed by atoms with Gasteiger partial charge in [-0.25, -0.2) is 9.97 Å². The van der Waals surface area contributed by atoms with Crippen LogP contribution in [0.2, 0.25) is 0 Å². The van der Waals surface area contributed by atoms with E-state index in [-0.39, 0.29) is 0 Å². The molecular formula is C23H30N8O3. The second kappa shape index (κ2) is 9.61. The lowest BCUT2D eigenvalue weighted by Crippen LogP contribution is -2.46. The van der Waals surface area contributed by atoms with E-state index in [4.69, 9.17) is 19.2 Å². The third kappa shape index (κ3) is 4.59. The first kappa shape index (κ1) is 21.4. The SMILES string of the molecule is c1nc(NCCN2CCOCC2)c2[nH]c(N3CCN(Cc4ccc5c(c4)OCO5)CC3)nc2n1. The minimum absolute atomic E-state index is 0.310. The summed E-state index contributed by atoms with van der Waals surface area (Å²) in [6.07, 6.45) is 1.58. The molecule has 34 heavy (non-hydrogen) atoms. The number of morpholine rings is 1. The average molecular weight is 467 g/mol. The van der Waals surface area contributed by atoms with Gasteiger partial charge in [0.2, 0.25) is 12.7 Å². The molecule has 2 fully saturated rings. The molecule has 0 aliphatic carbocycles. The Morgan fingerprint density at radius 3 is 2.68 bits per heavy atom. The zero-order valence-corrected chi connectivity index (χ0v) is 19.2. The van der Waals surface area contributed by atoms with E-state index in [9.17, 15) is 0 Å². The van der Waals surface area contributed by atoms with Crippen molar-refractivity contribution < 1.29 is 14.2 Å². The van der Waals surface area contributed by atoms with Crippen LogP contribution in [0, 0.1) is 0 Å². The lowest BCUT2D eigenvalue weighted by Gasteiger charge is -2.34. The van der Waals surface area contributed by atoms with Crippen molar-refractivity contribution in [1.29, 1.82) is 0 Å². The van der Waals surface area contributed by atoms with Crippen molar-refractivity contribution in [2.45, 2.75) is 6.54 Å². The van der Waals surface area contributed by atoms with Gasteiger partial charge in [0.05, 0.1) is 13.2 Å². The quantitative estimate of drug-likeness (QED) is 0.527. The van der Waals surface area contributed by atoms with E-state index in [0.29, 0.717) is 12.4 Å². The Kier molecular flexibility index (Phi) is 6.04. The van der Waals surface area contributed by atoms with E-state index in [1.807, 2.05) is 6.07 Å². The molecule has 0 saturated carbocycles. The van der Waals surface area contributed by atoms with E-state index in [0.717, 1.165) is 101 Å². The second-order valence-electron chi connectivity index (χ2n) is 8.81. The Labute approximate surface area is 198 Å². The predicted molar refractivity (Wildman–Crippen MR) is 127 cm³/mol. The third-order valence-electron chi connectivity index (χ3n) is 6.62. The molecule has 0 spiro atoms. The van der Waals surface area contributed by atoms with E-state index < -0.39 is 0 Å². The first-order valence-electron chi connectivity index (χ1n) is 11.9. The van der Waals surface area contributed by atoms with Gasteiger partial charge >= 0.3 is 0 Å². The van der Waals surface area contributed by atoms with Crippen LogP contribution in [0.1, 0.15) is 5.56 Å². The number of nitrogens with zero attached hydrogens (tertiary/aromatic N) is 6. The maximum atomic E-state index is 5.51. The topological polar surface area (TPSA) is 104 Å². The number of piperazine rings is 1. The minimum Gasteiger partial charge on any atom is -0.454 e. The molecule has 2 aromatic heterocycles. The fraction of sp³-hybridized carbons (Fsp3) is 0.522. The van der Waals surface area contributed by atoms with Gasteiger partial charge in [-0.15, -0.1) is 0 Å². The largest absolute Gasteiger partial charge is 0.454 e. The van der Waals surface area contributed by atoms with Gasteiger partial charge in [-0.3, -0.25) is 9.80 Å². The fourth-order valence-electron chi connectivity index (χ4n) is 4.67. The average Bonchev–Trinajstić information content (AvgIpc) is 3.52. The highest BCUT2D eigenvalue weighted by Gasteiger charge is 2.22. The van der Waals surface area contributed by atoms with Gasteiger partial charge in [-0.1, -0.05) is 6.07 Å². The van der Waals surface area contributed by atoms with Crippen LogP contribution in [0.5, 0.6) is 11.5 Å². The number of imidazole rings is 1. The summed E-state index contributed by atoms with van der Waals surface area (Å²) in [5, 5.41) is 3.45. The van der Waals surface area contributed by atoms with Gasteiger partial charge in [-0.2, -0.15) is 4.98 Å². The molecule has 0 radical (unpaired) electrons. The van der Waals surface area contributed by atoms with Crippen molar-refractivity contribution >= 4 is 22.9 Å². The number of H-pyrrole nitrogens is 1. The molecule has 3 aliphatic heterocycles. The van der Waals surface area contributed by atoms with Crippen molar-refractivity contribution in [3.05, 3.63) is 30.1 Å². The Morgan fingerprint density at radius 2 is 1.79 bits per heavy atom. The third-order valence-corrected chi connectivity index (χ3v) is 6.62. The number of nitrogens with one attached hydrogen (secondary N) is 2. The predicted octanol–water partition coefficient (Wildman–Crippen LogP) is 1.15. The van der Waals surface area contributed by atoms with E-state index >= 15 is 0 Å². The molecule has 180 valence electrons. The Bertz CT molecular complexity index is 1120. The molecule has 0 unspecified atom stereocenters. The lowest BCUT2D eigenvalue weighted by atomic mass is 10.1. The standard InChI is InChI=1S/C23H30N8O3/c1-2-18-19(34-16-33-18)13-17(1)14-30-5-7-31(8-6-30)23-27-20-21(25-15-26-22(20)28-23)24-3-4-29-9-11-32-12-10-29/h1-2,13,15H,3-12,14,16H2,(H2,24,25,26,27,28). The molecule has 2 N–H and O–H groups in total. The summed E-state index contributed by atoms with van der Waals surface area (Å²) < 4.78 is 16.3. The van der Waals surface area contributed by atoms with Crippen LogP contribution >= 0.6 is 0 Å². The molecule has 6 rings (SSSR count). The molecule has 1 aromatic carbocycles. The second-order valence-corrected chi connectivity index (χ2v) is 8.81. The van der Waals surface area contributed by atoms with Gasteiger partial charge in [0.25, 0.3) is 0 Å². The molecular weight excluding hydrogens is 436 g/mol. The summed E-state index contributed by atoms with van der Waals surface area (Å²) >= 11 is 0. The normalized spacial score (nSPS) is 19.1.